The molecule has 2 rings (SSSR count). The lowest BCUT2D eigenvalue weighted by molar-refractivity contribution is 0.247. The summed E-state index contributed by atoms with van der Waals surface area (Å²) in [6, 6.07) is 2.26. The highest BCUT2D eigenvalue weighted by Crippen LogP contribution is 2.26. The number of thiophene rings is 1. The third-order valence-electron chi connectivity index (χ3n) is 3.61. The fourth-order valence-corrected chi connectivity index (χ4v) is 3.77. The lowest BCUT2D eigenvalue weighted by Crippen LogP contribution is -2.39. The van der Waals surface area contributed by atoms with Crippen molar-refractivity contribution >= 4 is 21.4 Å². The number of nitrogens with zero attached hydrogens (tertiary/aromatic N) is 1. The molecule has 0 spiro atoms. The molecule has 1 N–H and O–H groups in total. The van der Waals surface area contributed by atoms with Crippen molar-refractivity contribution in [3.8, 4) is 0 Å². The van der Waals surface area contributed by atoms with Gasteiger partial charge in [0.15, 0.2) is 0 Å². The van der Waals surface area contributed by atoms with E-state index in [2.05, 4.69) is 26.4 Å². The number of likely N-dealkylation sites (tertiary alicyclic amines) is 1. The van der Waals surface area contributed by atoms with Crippen LogP contribution in [0.3, 0.4) is 0 Å². The second kappa shape index (κ2) is 6.35. The highest BCUT2D eigenvalue weighted by Gasteiger charge is 2.26. The van der Waals surface area contributed by atoms with E-state index in [-0.39, 0.29) is 11.3 Å². The zero-order valence-electron chi connectivity index (χ0n) is 11.5. The molecule has 1 aromatic heterocycles. The maximum absolute atomic E-state index is 11.9. The molecule has 6 heteroatoms. The van der Waals surface area contributed by atoms with E-state index in [0.29, 0.717) is 6.54 Å². The van der Waals surface area contributed by atoms with Crippen molar-refractivity contribution in [3.05, 3.63) is 22.4 Å². The predicted molar refractivity (Wildman–Crippen MR) is 79.9 cm³/mol. The molecule has 1 aliphatic rings. The quantitative estimate of drug-likeness (QED) is 0.876. The average Bonchev–Trinajstić information content (AvgIpc) is 3.00. The summed E-state index contributed by atoms with van der Waals surface area (Å²) in [5, 5.41) is 3.79. The molecule has 0 radical (unpaired) electrons. The molecule has 1 aliphatic heterocycles. The van der Waals surface area contributed by atoms with E-state index < -0.39 is 10.0 Å². The number of nitrogens with one attached hydrogen (secondary N) is 1. The Balaban J connectivity index is 2.07. The van der Waals surface area contributed by atoms with E-state index in [0.717, 1.165) is 13.1 Å². The minimum Gasteiger partial charge on any atom is -0.295 e. The maximum atomic E-state index is 11.9. The Bertz CT molecular complexity index is 477. The fourth-order valence-electron chi connectivity index (χ4n) is 2.34. The van der Waals surface area contributed by atoms with Crippen molar-refractivity contribution in [2.75, 3.05) is 19.6 Å². The standard InChI is InChI=1S/C13H22N2O2S2/c1-11(2)19(16,17)14-9-13(12-5-8-18-10-12)15-6-3-4-7-15/h5,8,10-11,13-14H,3-4,6-7,9H2,1-2H3. The zero-order valence-corrected chi connectivity index (χ0v) is 13.1. The topological polar surface area (TPSA) is 49.4 Å². The van der Waals surface area contributed by atoms with Crippen molar-refractivity contribution in [3.63, 3.8) is 0 Å². The van der Waals surface area contributed by atoms with Crippen LogP contribution in [-0.4, -0.2) is 38.2 Å². The van der Waals surface area contributed by atoms with Crippen LogP contribution in [0.15, 0.2) is 16.8 Å². The summed E-state index contributed by atoms with van der Waals surface area (Å²) in [5.41, 5.74) is 1.22. The first-order valence-corrected chi connectivity index (χ1v) is 9.24. The van der Waals surface area contributed by atoms with Gasteiger partial charge in [-0.1, -0.05) is 0 Å². The van der Waals surface area contributed by atoms with Crippen LogP contribution >= 0.6 is 11.3 Å². The summed E-state index contributed by atoms with van der Waals surface area (Å²) in [5.74, 6) is 0. The van der Waals surface area contributed by atoms with Crippen molar-refractivity contribution in [1.82, 2.24) is 9.62 Å². The Morgan fingerprint density at radius 3 is 2.58 bits per heavy atom. The minimum absolute atomic E-state index is 0.169. The molecule has 4 nitrogen and oxygen atoms in total. The molecule has 108 valence electrons. The predicted octanol–water partition coefficient (Wildman–Crippen LogP) is 2.21. The molecule has 0 amide bonds. The molecule has 0 saturated carbocycles. The lowest BCUT2D eigenvalue weighted by atomic mass is 10.1. The zero-order chi connectivity index (χ0) is 13.9. The van der Waals surface area contributed by atoms with Crippen LogP contribution in [0.1, 0.15) is 38.3 Å². The third-order valence-corrected chi connectivity index (χ3v) is 6.12. The van der Waals surface area contributed by atoms with E-state index in [4.69, 9.17) is 0 Å². The van der Waals surface area contributed by atoms with Crippen LogP contribution in [-0.2, 0) is 10.0 Å². The summed E-state index contributed by atoms with van der Waals surface area (Å²) in [6.07, 6.45) is 2.41. The first kappa shape index (κ1) is 15.0. The normalized spacial score (nSPS) is 19.1. The average molecular weight is 302 g/mol. The van der Waals surface area contributed by atoms with E-state index in [1.807, 2.05) is 0 Å². The molecule has 2 heterocycles. The fraction of sp³-hybridized carbons (Fsp3) is 0.692. The van der Waals surface area contributed by atoms with Gasteiger partial charge in [0.1, 0.15) is 0 Å². The second-order valence-electron chi connectivity index (χ2n) is 5.26. The van der Waals surface area contributed by atoms with Crippen molar-refractivity contribution in [2.45, 2.75) is 38.0 Å². The third kappa shape index (κ3) is 3.78. The van der Waals surface area contributed by atoms with Gasteiger partial charge in [-0.15, -0.1) is 0 Å². The van der Waals surface area contributed by atoms with Gasteiger partial charge in [0, 0.05) is 12.6 Å². The number of hydrogen-bond donors (Lipinski definition) is 1. The van der Waals surface area contributed by atoms with Gasteiger partial charge in [-0.25, -0.2) is 13.1 Å². The van der Waals surface area contributed by atoms with Crippen LogP contribution < -0.4 is 4.72 Å². The maximum Gasteiger partial charge on any atom is 0.213 e. The lowest BCUT2D eigenvalue weighted by Gasteiger charge is -2.27. The molecule has 0 aromatic carbocycles. The van der Waals surface area contributed by atoms with Gasteiger partial charge in [0.25, 0.3) is 0 Å². The Kier molecular flexibility index (Phi) is 5.00. The van der Waals surface area contributed by atoms with Gasteiger partial charge in [-0.3, -0.25) is 4.90 Å². The first-order chi connectivity index (χ1) is 9.00. The van der Waals surface area contributed by atoms with Gasteiger partial charge in [0.2, 0.25) is 10.0 Å². The highest BCUT2D eigenvalue weighted by atomic mass is 32.2. The number of rotatable bonds is 6. The SMILES string of the molecule is CC(C)S(=O)(=O)NCC(c1ccsc1)N1CCCC1. The van der Waals surface area contributed by atoms with E-state index in [1.54, 1.807) is 25.2 Å². The Morgan fingerprint density at radius 1 is 1.37 bits per heavy atom. The molecule has 1 unspecified atom stereocenters. The summed E-state index contributed by atoms with van der Waals surface area (Å²) in [6.45, 7) is 6.00. The molecule has 19 heavy (non-hydrogen) atoms. The number of sulfonamides is 1. The molecule has 1 saturated heterocycles. The second-order valence-corrected chi connectivity index (χ2v) is 8.36. The molecular formula is C13H22N2O2S2. The summed E-state index contributed by atoms with van der Waals surface area (Å²) in [4.78, 5) is 2.38. The van der Waals surface area contributed by atoms with Crippen molar-refractivity contribution < 1.29 is 8.42 Å². The van der Waals surface area contributed by atoms with E-state index in [1.165, 1.54) is 18.4 Å². The monoisotopic (exact) mass is 302 g/mol. The largest absolute Gasteiger partial charge is 0.295 e. The molecule has 1 aromatic rings. The molecule has 1 fully saturated rings. The van der Waals surface area contributed by atoms with Gasteiger partial charge >= 0.3 is 0 Å². The van der Waals surface area contributed by atoms with Gasteiger partial charge in [-0.05, 0) is 62.2 Å². The van der Waals surface area contributed by atoms with Gasteiger partial charge in [-0.2, -0.15) is 11.3 Å². The minimum atomic E-state index is -3.19. The van der Waals surface area contributed by atoms with Crippen LogP contribution in [0.2, 0.25) is 0 Å². The van der Waals surface area contributed by atoms with Crippen LogP contribution in [0.4, 0.5) is 0 Å². The molecule has 1 atom stereocenters. The molecule has 0 aliphatic carbocycles. The van der Waals surface area contributed by atoms with Gasteiger partial charge in [0.05, 0.1) is 5.25 Å². The Labute approximate surface area is 119 Å². The highest BCUT2D eigenvalue weighted by molar-refractivity contribution is 7.90. The first-order valence-electron chi connectivity index (χ1n) is 6.75. The molecular weight excluding hydrogens is 280 g/mol. The van der Waals surface area contributed by atoms with Crippen LogP contribution in [0.5, 0.6) is 0 Å². The Morgan fingerprint density at radius 2 is 2.05 bits per heavy atom. The van der Waals surface area contributed by atoms with E-state index >= 15 is 0 Å². The summed E-state index contributed by atoms with van der Waals surface area (Å²) in [7, 11) is -3.19. The summed E-state index contributed by atoms with van der Waals surface area (Å²) >= 11 is 1.66. The molecule has 0 bridgehead atoms. The van der Waals surface area contributed by atoms with Crippen LogP contribution in [0, 0.1) is 0 Å². The van der Waals surface area contributed by atoms with Crippen molar-refractivity contribution in [2.24, 2.45) is 0 Å². The Hall–Kier alpha value is -0.430. The van der Waals surface area contributed by atoms with Gasteiger partial charge < -0.3 is 0 Å². The van der Waals surface area contributed by atoms with Crippen LogP contribution in [0.25, 0.3) is 0 Å². The van der Waals surface area contributed by atoms with Crippen molar-refractivity contribution in [1.29, 1.82) is 0 Å². The smallest absolute Gasteiger partial charge is 0.213 e. The summed E-state index contributed by atoms with van der Waals surface area (Å²) < 4.78 is 26.5. The van der Waals surface area contributed by atoms with E-state index in [9.17, 15) is 8.42 Å². The number of hydrogen-bond acceptors (Lipinski definition) is 4.